The molecule has 4 nitrogen and oxygen atoms in total. The molecule has 25 heavy (non-hydrogen) atoms. The molecule has 0 fully saturated rings. The minimum absolute atomic E-state index is 0.0251. The van der Waals surface area contributed by atoms with Crippen molar-refractivity contribution in [2.45, 2.75) is 38.8 Å². The first kappa shape index (κ1) is 18.6. The largest absolute Gasteiger partial charge is 0.352 e. The van der Waals surface area contributed by atoms with Crippen LogP contribution < -0.4 is 10.6 Å². The molecule has 2 aromatic rings. The summed E-state index contributed by atoms with van der Waals surface area (Å²) in [4.78, 5) is 24.7. The molecule has 0 aliphatic heterocycles. The van der Waals surface area contributed by atoms with Gasteiger partial charge in [-0.2, -0.15) is 0 Å². The van der Waals surface area contributed by atoms with Gasteiger partial charge in [0, 0.05) is 12.5 Å². The van der Waals surface area contributed by atoms with Gasteiger partial charge in [0.05, 0.1) is 0 Å². The lowest BCUT2D eigenvalue weighted by molar-refractivity contribution is -0.129. The fourth-order valence-corrected chi connectivity index (χ4v) is 2.50. The Bertz CT molecular complexity index is 717. The third-order valence-corrected chi connectivity index (χ3v) is 3.66. The molecule has 5 heteroatoms. The van der Waals surface area contributed by atoms with E-state index in [-0.39, 0.29) is 30.1 Å². The predicted octanol–water partition coefficient (Wildman–Crippen LogP) is 3.14. The second-order valence-corrected chi connectivity index (χ2v) is 6.20. The molecule has 1 atom stereocenters. The van der Waals surface area contributed by atoms with E-state index in [0.717, 1.165) is 11.1 Å². The number of carbonyl (C=O) groups excluding carboxylic acids is 2. The standard InChI is InChI=1S/C20H23FN2O2/c1-14(2)22-20(25)19(16-8-4-3-5-9-16)23-18(24)12-11-15-7-6-10-17(21)13-15/h3-10,13-14,19H,11-12H2,1-2H3,(H,22,25)(H,23,24). The van der Waals surface area contributed by atoms with E-state index < -0.39 is 6.04 Å². The van der Waals surface area contributed by atoms with Crippen LogP contribution in [0.1, 0.15) is 37.4 Å². The van der Waals surface area contributed by atoms with Gasteiger partial charge in [0.2, 0.25) is 11.8 Å². The number of hydrogen-bond acceptors (Lipinski definition) is 2. The summed E-state index contributed by atoms with van der Waals surface area (Å²) in [5.74, 6) is -0.825. The molecule has 1 unspecified atom stereocenters. The summed E-state index contributed by atoms with van der Waals surface area (Å²) >= 11 is 0. The van der Waals surface area contributed by atoms with Gasteiger partial charge in [-0.3, -0.25) is 9.59 Å². The van der Waals surface area contributed by atoms with Crippen LogP contribution in [0.2, 0.25) is 0 Å². The molecular formula is C20H23FN2O2. The predicted molar refractivity (Wildman–Crippen MR) is 95.3 cm³/mol. The molecular weight excluding hydrogens is 319 g/mol. The van der Waals surface area contributed by atoms with E-state index in [1.807, 2.05) is 32.0 Å². The maximum Gasteiger partial charge on any atom is 0.247 e. The van der Waals surface area contributed by atoms with Crippen molar-refractivity contribution in [2.75, 3.05) is 0 Å². The summed E-state index contributed by atoms with van der Waals surface area (Å²) in [6.45, 7) is 3.73. The van der Waals surface area contributed by atoms with Gasteiger partial charge in [-0.1, -0.05) is 42.5 Å². The first-order chi connectivity index (χ1) is 12.0. The van der Waals surface area contributed by atoms with Gasteiger partial charge < -0.3 is 10.6 Å². The number of halogens is 1. The molecule has 0 bridgehead atoms. The molecule has 2 amide bonds. The van der Waals surface area contributed by atoms with Crippen molar-refractivity contribution in [3.8, 4) is 0 Å². The Morgan fingerprint density at radius 1 is 1.00 bits per heavy atom. The smallest absolute Gasteiger partial charge is 0.247 e. The molecule has 2 N–H and O–H groups in total. The van der Waals surface area contributed by atoms with Crippen LogP contribution in [-0.4, -0.2) is 17.9 Å². The summed E-state index contributed by atoms with van der Waals surface area (Å²) < 4.78 is 13.2. The van der Waals surface area contributed by atoms with Crippen molar-refractivity contribution in [1.29, 1.82) is 0 Å². The molecule has 0 aliphatic carbocycles. The molecule has 0 aliphatic rings. The van der Waals surface area contributed by atoms with Gasteiger partial charge in [-0.05, 0) is 43.5 Å². The normalized spacial score (nSPS) is 11.8. The number of carbonyl (C=O) groups is 2. The van der Waals surface area contributed by atoms with E-state index >= 15 is 0 Å². The van der Waals surface area contributed by atoms with E-state index in [2.05, 4.69) is 10.6 Å². The minimum atomic E-state index is -0.747. The SMILES string of the molecule is CC(C)NC(=O)C(NC(=O)CCc1cccc(F)c1)c1ccccc1. The van der Waals surface area contributed by atoms with Gasteiger partial charge in [-0.25, -0.2) is 4.39 Å². The Labute approximate surface area is 147 Å². The van der Waals surface area contributed by atoms with E-state index in [4.69, 9.17) is 0 Å². The number of rotatable bonds is 7. The van der Waals surface area contributed by atoms with Crippen LogP contribution in [0.25, 0.3) is 0 Å². The number of benzene rings is 2. The summed E-state index contributed by atoms with van der Waals surface area (Å²) in [5.41, 5.74) is 1.47. The Morgan fingerprint density at radius 2 is 1.72 bits per heavy atom. The van der Waals surface area contributed by atoms with Crippen LogP contribution in [0, 0.1) is 5.82 Å². The van der Waals surface area contributed by atoms with E-state index in [1.165, 1.54) is 12.1 Å². The van der Waals surface area contributed by atoms with Crippen LogP contribution in [0.4, 0.5) is 4.39 Å². The van der Waals surface area contributed by atoms with Crippen LogP contribution >= 0.6 is 0 Å². The highest BCUT2D eigenvalue weighted by Crippen LogP contribution is 2.14. The molecule has 0 aromatic heterocycles. The highest BCUT2D eigenvalue weighted by Gasteiger charge is 2.22. The molecule has 0 spiro atoms. The number of nitrogens with one attached hydrogen (secondary N) is 2. The van der Waals surface area contributed by atoms with Crippen LogP contribution in [0.3, 0.4) is 0 Å². The molecule has 0 radical (unpaired) electrons. The number of aryl methyl sites for hydroxylation is 1. The monoisotopic (exact) mass is 342 g/mol. The summed E-state index contributed by atoms with van der Waals surface area (Å²) in [5, 5.41) is 5.60. The maximum absolute atomic E-state index is 13.2. The minimum Gasteiger partial charge on any atom is -0.352 e. The average Bonchev–Trinajstić information content (AvgIpc) is 2.58. The highest BCUT2D eigenvalue weighted by atomic mass is 19.1. The fourth-order valence-electron chi connectivity index (χ4n) is 2.50. The van der Waals surface area contributed by atoms with Gasteiger partial charge in [0.25, 0.3) is 0 Å². The lowest BCUT2D eigenvalue weighted by atomic mass is 10.0. The summed E-state index contributed by atoms with van der Waals surface area (Å²) in [6.07, 6.45) is 0.596. The first-order valence-electron chi connectivity index (χ1n) is 8.35. The van der Waals surface area contributed by atoms with E-state index in [9.17, 15) is 14.0 Å². The third-order valence-electron chi connectivity index (χ3n) is 3.66. The zero-order valence-corrected chi connectivity index (χ0v) is 14.5. The first-order valence-corrected chi connectivity index (χ1v) is 8.35. The average molecular weight is 342 g/mol. The quantitative estimate of drug-likeness (QED) is 0.812. The van der Waals surface area contributed by atoms with Crippen molar-refractivity contribution < 1.29 is 14.0 Å². The zero-order valence-electron chi connectivity index (χ0n) is 14.5. The van der Waals surface area contributed by atoms with E-state index in [0.29, 0.717) is 6.42 Å². The van der Waals surface area contributed by atoms with Crippen molar-refractivity contribution in [2.24, 2.45) is 0 Å². The molecule has 0 heterocycles. The number of hydrogen-bond donors (Lipinski definition) is 2. The van der Waals surface area contributed by atoms with Crippen molar-refractivity contribution in [1.82, 2.24) is 10.6 Å². The van der Waals surface area contributed by atoms with Gasteiger partial charge >= 0.3 is 0 Å². The lowest BCUT2D eigenvalue weighted by Gasteiger charge is -2.20. The van der Waals surface area contributed by atoms with Crippen molar-refractivity contribution >= 4 is 11.8 Å². The zero-order chi connectivity index (χ0) is 18.2. The topological polar surface area (TPSA) is 58.2 Å². The van der Waals surface area contributed by atoms with Crippen molar-refractivity contribution in [3.05, 3.63) is 71.5 Å². The summed E-state index contributed by atoms with van der Waals surface area (Å²) in [6, 6.07) is 14.5. The second kappa shape index (κ2) is 8.97. The fraction of sp³-hybridized carbons (Fsp3) is 0.300. The van der Waals surface area contributed by atoms with Crippen molar-refractivity contribution in [3.63, 3.8) is 0 Å². The van der Waals surface area contributed by atoms with Crippen LogP contribution in [-0.2, 0) is 16.0 Å². The molecule has 0 saturated carbocycles. The molecule has 2 rings (SSSR count). The highest BCUT2D eigenvalue weighted by molar-refractivity contribution is 5.88. The van der Waals surface area contributed by atoms with Crippen LogP contribution in [0.5, 0.6) is 0 Å². The Morgan fingerprint density at radius 3 is 2.36 bits per heavy atom. The molecule has 2 aromatic carbocycles. The molecule has 132 valence electrons. The van der Waals surface area contributed by atoms with Crippen LogP contribution in [0.15, 0.2) is 54.6 Å². The Hall–Kier alpha value is -2.69. The van der Waals surface area contributed by atoms with Gasteiger partial charge in [0.1, 0.15) is 11.9 Å². The molecule has 0 saturated heterocycles. The Balaban J connectivity index is 2.02. The van der Waals surface area contributed by atoms with E-state index in [1.54, 1.807) is 24.3 Å². The Kier molecular flexibility index (Phi) is 6.69. The lowest BCUT2D eigenvalue weighted by Crippen LogP contribution is -2.42. The van der Waals surface area contributed by atoms with Gasteiger partial charge in [0.15, 0.2) is 0 Å². The maximum atomic E-state index is 13.2. The summed E-state index contributed by atoms with van der Waals surface area (Å²) in [7, 11) is 0. The van der Waals surface area contributed by atoms with Gasteiger partial charge in [-0.15, -0.1) is 0 Å². The number of amides is 2. The third kappa shape index (κ3) is 6.03. The second-order valence-electron chi connectivity index (χ2n) is 6.20.